The first kappa shape index (κ1) is 11.0. The highest BCUT2D eigenvalue weighted by Gasteiger charge is 1.91. The summed E-state index contributed by atoms with van der Waals surface area (Å²) in [5.74, 6) is 0. The van der Waals surface area contributed by atoms with Crippen LogP contribution >= 0.6 is 21.8 Å². The minimum absolute atomic E-state index is 1.10. The third kappa shape index (κ3) is 5.24. The summed E-state index contributed by atoms with van der Waals surface area (Å²) in [4.78, 5) is 1.30. The lowest BCUT2D eigenvalue weighted by molar-refractivity contribution is 0.778. The molecule has 0 amide bonds. The molecule has 0 aliphatic heterocycles. The molecule has 0 atom stereocenters. The predicted molar refractivity (Wildman–Crippen MR) is 62.8 cm³/mol. The molecule has 0 heterocycles. The highest BCUT2D eigenvalue weighted by molar-refractivity contribution is 8.76. The Balaban J connectivity index is 2.07. The van der Waals surface area contributed by atoms with Crippen molar-refractivity contribution >= 4 is 21.8 Å². The molecule has 1 aromatic carbocycles. The van der Waals surface area contributed by atoms with Gasteiger partial charge in [0.25, 0.3) is 0 Å². The van der Waals surface area contributed by atoms with Crippen LogP contribution in [0.1, 0.15) is 19.8 Å². The molecule has 1 rings (SSSR count). The lowest BCUT2D eigenvalue weighted by Gasteiger charge is -2.01. The number of unbranched alkanes of at least 4 members (excludes halogenated alkanes) is 1. The summed E-state index contributed by atoms with van der Waals surface area (Å²) in [6.45, 7) is 3.30. The second kappa shape index (κ2) is 7.30. The molecular weight excluding hydrogens is 198 g/mol. The maximum absolute atomic E-state index is 3.31. The molecule has 0 spiro atoms. The summed E-state index contributed by atoms with van der Waals surface area (Å²) in [6.07, 6.45) is 2.51. The summed E-state index contributed by atoms with van der Waals surface area (Å²) < 4.78 is 3.31. The van der Waals surface area contributed by atoms with Crippen LogP contribution in [0.15, 0.2) is 35.2 Å². The van der Waals surface area contributed by atoms with Gasteiger partial charge in [-0.3, -0.25) is 4.72 Å². The third-order valence-corrected chi connectivity index (χ3v) is 3.62. The zero-order chi connectivity index (χ0) is 9.36. The Bertz CT molecular complexity index is 213. The minimum Gasteiger partial charge on any atom is -0.254 e. The van der Waals surface area contributed by atoms with Crippen molar-refractivity contribution in [2.75, 3.05) is 6.54 Å². The van der Waals surface area contributed by atoms with E-state index in [0.717, 1.165) is 6.54 Å². The number of rotatable bonds is 6. The Labute approximate surface area is 88.2 Å². The van der Waals surface area contributed by atoms with Gasteiger partial charge in [-0.25, -0.2) is 0 Å². The summed E-state index contributed by atoms with van der Waals surface area (Å²) in [7, 11) is 3.49. The van der Waals surface area contributed by atoms with Crippen LogP contribution in [0.3, 0.4) is 0 Å². The van der Waals surface area contributed by atoms with Gasteiger partial charge >= 0.3 is 0 Å². The van der Waals surface area contributed by atoms with Crippen molar-refractivity contribution in [3.05, 3.63) is 30.3 Å². The second-order valence-corrected chi connectivity index (χ2v) is 4.82. The van der Waals surface area contributed by atoms with Gasteiger partial charge in [0.15, 0.2) is 0 Å². The first-order valence-corrected chi connectivity index (χ1v) is 6.70. The number of nitrogens with one attached hydrogen (secondary N) is 1. The van der Waals surface area contributed by atoms with Crippen molar-refractivity contribution in [3.63, 3.8) is 0 Å². The fourth-order valence-corrected chi connectivity index (χ4v) is 2.54. The van der Waals surface area contributed by atoms with E-state index >= 15 is 0 Å². The van der Waals surface area contributed by atoms with Gasteiger partial charge in [0, 0.05) is 11.4 Å². The van der Waals surface area contributed by atoms with Crippen molar-refractivity contribution in [2.45, 2.75) is 24.7 Å². The van der Waals surface area contributed by atoms with E-state index in [0.29, 0.717) is 0 Å². The van der Waals surface area contributed by atoms with E-state index in [9.17, 15) is 0 Å². The van der Waals surface area contributed by atoms with Gasteiger partial charge in [-0.2, -0.15) is 0 Å². The Kier molecular flexibility index (Phi) is 6.15. The molecule has 0 aliphatic rings. The summed E-state index contributed by atoms with van der Waals surface area (Å²) in [6, 6.07) is 10.4. The lowest BCUT2D eigenvalue weighted by Crippen LogP contribution is -2.02. The smallest absolute Gasteiger partial charge is 0.0195 e. The van der Waals surface area contributed by atoms with E-state index in [4.69, 9.17) is 0 Å². The van der Waals surface area contributed by atoms with E-state index in [1.807, 2.05) is 6.07 Å². The molecule has 1 nitrogen and oxygen atoms in total. The first-order valence-electron chi connectivity index (χ1n) is 4.55. The van der Waals surface area contributed by atoms with Gasteiger partial charge in [-0.1, -0.05) is 31.5 Å². The SMILES string of the molecule is CCCCNSSc1ccccc1. The molecule has 13 heavy (non-hydrogen) atoms. The summed E-state index contributed by atoms with van der Waals surface area (Å²) in [5, 5.41) is 0. The van der Waals surface area contributed by atoms with Crippen LogP contribution < -0.4 is 4.72 Å². The van der Waals surface area contributed by atoms with Gasteiger partial charge in [0.05, 0.1) is 0 Å². The highest BCUT2D eigenvalue weighted by Crippen LogP contribution is 2.27. The van der Waals surface area contributed by atoms with E-state index in [-0.39, 0.29) is 0 Å². The molecule has 3 heteroatoms. The van der Waals surface area contributed by atoms with E-state index in [1.54, 1.807) is 21.8 Å². The Morgan fingerprint density at radius 2 is 2.00 bits per heavy atom. The molecule has 0 unspecified atom stereocenters. The van der Waals surface area contributed by atoms with Crippen LogP contribution in [-0.2, 0) is 0 Å². The van der Waals surface area contributed by atoms with Crippen LogP contribution in [0.5, 0.6) is 0 Å². The van der Waals surface area contributed by atoms with Crippen LogP contribution in [0.2, 0.25) is 0 Å². The first-order chi connectivity index (χ1) is 6.43. The Morgan fingerprint density at radius 1 is 1.23 bits per heavy atom. The van der Waals surface area contributed by atoms with E-state index < -0.39 is 0 Å². The topological polar surface area (TPSA) is 12.0 Å². The molecule has 0 saturated carbocycles. The van der Waals surface area contributed by atoms with Gasteiger partial charge in [0.1, 0.15) is 0 Å². The third-order valence-electron chi connectivity index (χ3n) is 1.57. The molecule has 72 valence electrons. The standard InChI is InChI=1S/C10H15NS2/c1-2-3-9-11-13-12-10-7-5-4-6-8-10/h4-8,11H,2-3,9H2,1H3. The van der Waals surface area contributed by atoms with Crippen molar-refractivity contribution in [1.29, 1.82) is 0 Å². The van der Waals surface area contributed by atoms with E-state index in [2.05, 4.69) is 35.9 Å². The molecule has 0 aromatic heterocycles. The average molecular weight is 213 g/mol. The molecule has 1 N–H and O–H groups in total. The fraction of sp³-hybridized carbons (Fsp3) is 0.400. The quantitative estimate of drug-likeness (QED) is 0.439. The zero-order valence-electron chi connectivity index (χ0n) is 7.82. The predicted octanol–water partition coefficient (Wildman–Crippen LogP) is 3.73. The van der Waals surface area contributed by atoms with Gasteiger partial charge < -0.3 is 0 Å². The van der Waals surface area contributed by atoms with Gasteiger partial charge in [0.2, 0.25) is 0 Å². The maximum atomic E-state index is 3.31. The van der Waals surface area contributed by atoms with Crippen LogP contribution in [-0.4, -0.2) is 6.54 Å². The second-order valence-electron chi connectivity index (χ2n) is 2.73. The van der Waals surface area contributed by atoms with Gasteiger partial charge in [-0.05, 0) is 40.3 Å². The highest BCUT2D eigenvalue weighted by atomic mass is 33.1. The monoisotopic (exact) mass is 213 g/mol. The number of hydrogen-bond donors (Lipinski definition) is 1. The van der Waals surface area contributed by atoms with Crippen molar-refractivity contribution in [3.8, 4) is 0 Å². The molecule has 0 bridgehead atoms. The van der Waals surface area contributed by atoms with Gasteiger partial charge in [-0.15, -0.1) is 0 Å². The van der Waals surface area contributed by atoms with Crippen molar-refractivity contribution in [2.24, 2.45) is 0 Å². The van der Waals surface area contributed by atoms with E-state index in [1.165, 1.54) is 17.7 Å². The largest absolute Gasteiger partial charge is 0.254 e. The molecule has 0 saturated heterocycles. The van der Waals surface area contributed by atoms with Crippen LogP contribution in [0, 0.1) is 0 Å². The molecule has 0 aliphatic carbocycles. The Hall–Kier alpha value is -0.120. The fourth-order valence-electron chi connectivity index (χ4n) is 0.844. The molecule has 0 fully saturated rings. The molecular formula is C10H15NS2. The number of hydrogen-bond acceptors (Lipinski definition) is 3. The molecule has 1 aromatic rings. The summed E-state index contributed by atoms with van der Waals surface area (Å²) in [5.41, 5.74) is 0. The normalized spacial score (nSPS) is 10.2. The zero-order valence-corrected chi connectivity index (χ0v) is 9.46. The molecule has 0 radical (unpaired) electrons. The number of benzene rings is 1. The van der Waals surface area contributed by atoms with Crippen LogP contribution in [0.25, 0.3) is 0 Å². The van der Waals surface area contributed by atoms with Crippen molar-refractivity contribution < 1.29 is 0 Å². The Morgan fingerprint density at radius 3 is 2.69 bits per heavy atom. The summed E-state index contributed by atoms with van der Waals surface area (Å²) >= 11 is 0. The maximum Gasteiger partial charge on any atom is 0.0195 e. The van der Waals surface area contributed by atoms with Crippen LogP contribution in [0.4, 0.5) is 0 Å². The minimum atomic E-state index is 1.10. The van der Waals surface area contributed by atoms with Crippen molar-refractivity contribution in [1.82, 2.24) is 4.72 Å². The average Bonchev–Trinajstić information content (AvgIpc) is 2.19. The lowest BCUT2D eigenvalue weighted by atomic mass is 10.3.